The highest BCUT2D eigenvalue weighted by molar-refractivity contribution is 8.00. The molecule has 3 heterocycles. The van der Waals surface area contributed by atoms with E-state index in [-0.39, 0.29) is 5.91 Å². The lowest BCUT2D eigenvalue weighted by Crippen LogP contribution is -2.31. The number of fused-ring (bicyclic) bond motifs is 2. The van der Waals surface area contributed by atoms with Crippen LogP contribution in [-0.4, -0.2) is 28.1 Å². The third-order valence-electron chi connectivity index (χ3n) is 4.34. The van der Waals surface area contributed by atoms with Crippen molar-refractivity contribution in [1.29, 1.82) is 0 Å². The zero-order valence-corrected chi connectivity index (χ0v) is 14.1. The zero-order valence-electron chi connectivity index (χ0n) is 13.3. The van der Waals surface area contributed by atoms with Crippen molar-refractivity contribution >= 4 is 29.0 Å². The summed E-state index contributed by atoms with van der Waals surface area (Å²) in [6.07, 6.45) is 2.06. The summed E-state index contributed by atoms with van der Waals surface area (Å²) in [5.41, 5.74) is 6.24. The van der Waals surface area contributed by atoms with E-state index < -0.39 is 0 Å². The predicted octanol–water partition coefficient (Wildman–Crippen LogP) is 3.69. The minimum atomic E-state index is 0.141. The smallest absolute Gasteiger partial charge is 0.237 e. The number of carbonyl (C=O) groups excluding carboxylic acids is 1. The van der Waals surface area contributed by atoms with E-state index in [2.05, 4.69) is 54.8 Å². The standard InChI is InChI=1S/C18H17N3OS/c1-11-6-7-21-12(2)18(19-16(21)8-11)13-4-5-15-14(9-13)20(3)17(22)10-23-15/h4-9H,10H2,1-3H3. The Hall–Kier alpha value is -2.27. The average molecular weight is 323 g/mol. The molecule has 0 fully saturated rings. The van der Waals surface area contributed by atoms with Crippen LogP contribution in [0.4, 0.5) is 5.69 Å². The van der Waals surface area contributed by atoms with Gasteiger partial charge in [0.25, 0.3) is 0 Å². The van der Waals surface area contributed by atoms with Crippen molar-refractivity contribution in [3.05, 3.63) is 47.8 Å². The van der Waals surface area contributed by atoms with Gasteiger partial charge in [-0.05, 0) is 43.7 Å². The number of thioether (sulfide) groups is 1. The Kier molecular flexibility index (Phi) is 3.20. The first-order valence-corrected chi connectivity index (χ1v) is 8.52. The molecule has 0 spiro atoms. The van der Waals surface area contributed by atoms with Crippen molar-refractivity contribution in [2.45, 2.75) is 18.7 Å². The SMILES string of the molecule is Cc1ccn2c(C)c(-c3ccc4c(c3)N(C)C(=O)CS4)nc2c1. The molecule has 0 aliphatic carbocycles. The summed E-state index contributed by atoms with van der Waals surface area (Å²) in [5.74, 6) is 0.650. The number of hydrogen-bond donors (Lipinski definition) is 0. The molecule has 1 aliphatic rings. The molecule has 23 heavy (non-hydrogen) atoms. The third kappa shape index (κ3) is 2.23. The maximum Gasteiger partial charge on any atom is 0.237 e. The van der Waals surface area contributed by atoms with Crippen LogP contribution in [0, 0.1) is 13.8 Å². The summed E-state index contributed by atoms with van der Waals surface area (Å²) in [6, 6.07) is 10.4. The fourth-order valence-electron chi connectivity index (χ4n) is 2.96. The Labute approximate surface area is 139 Å². The number of pyridine rings is 1. The minimum absolute atomic E-state index is 0.141. The number of aryl methyl sites for hydroxylation is 2. The van der Waals surface area contributed by atoms with Gasteiger partial charge in [0.05, 0.1) is 17.1 Å². The Morgan fingerprint density at radius 2 is 2.00 bits per heavy atom. The van der Waals surface area contributed by atoms with Gasteiger partial charge in [0.2, 0.25) is 5.91 Å². The van der Waals surface area contributed by atoms with E-state index in [4.69, 9.17) is 4.98 Å². The minimum Gasteiger partial charge on any atom is -0.314 e. The summed E-state index contributed by atoms with van der Waals surface area (Å²) in [5, 5.41) is 0. The van der Waals surface area contributed by atoms with Gasteiger partial charge in [0, 0.05) is 29.4 Å². The van der Waals surface area contributed by atoms with Gasteiger partial charge in [-0.2, -0.15) is 0 Å². The lowest BCUT2D eigenvalue weighted by atomic mass is 10.1. The largest absolute Gasteiger partial charge is 0.314 e. The fraction of sp³-hybridized carbons (Fsp3) is 0.222. The van der Waals surface area contributed by atoms with Gasteiger partial charge in [-0.25, -0.2) is 4.98 Å². The number of nitrogens with zero attached hydrogens (tertiary/aromatic N) is 3. The summed E-state index contributed by atoms with van der Waals surface area (Å²) < 4.78 is 2.10. The van der Waals surface area contributed by atoms with Gasteiger partial charge in [0.15, 0.2) is 0 Å². The van der Waals surface area contributed by atoms with Crippen molar-refractivity contribution < 1.29 is 4.79 Å². The highest BCUT2D eigenvalue weighted by Crippen LogP contribution is 2.38. The molecule has 0 atom stereocenters. The Morgan fingerprint density at radius 3 is 2.83 bits per heavy atom. The summed E-state index contributed by atoms with van der Waals surface area (Å²) in [7, 11) is 1.84. The third-order valence-corrected chi connectivity index (χ3v) is 5.39. The number of carbonyl (C=O) groups is 1. The molecule has 2 aromatic heterocycles. The second-order valence-corrected chi connectivity index (χ2v) is 6.92. The highest BCUT2D eigenvalue weighted by atomic mass is 32.2. The van der Waals surface area contributed by atoms with E-state index in [9.17, 15) is 4.79 Å². The van der Waals surface area contributed by atoms with E-state index in [0.29, 0.717) is 5.75 Å². The van der Waals surface area contributed by atoms with Crippen LogP contribution in [0.5, 0.6) is 0 Å². The first kappa shape index (κ1) is 14.3. The van der Waals surface area contributed by atoms with E-state index in [0.717, 1.165) is 33.2 Å². The number of rotatable bonds is 1. The first-order chi connectivity index (χ1) is 11.0. The molecule has 116 valence electrons. The number of benzene rings is 1. The lowest BCUT2D eigenvalue weighted by molar-refractivity contribution is -0.116. The molecule has 4 rings (SSSR count). The van der Waals surface area contributed by atoms with Gasteiger partial charge >= 0.3 is 0 Å². The summed E-state index contributed by atoms with van der Waals surface area (Å²) >= 11 is 1.60. The van der Waals surface area contributed by atoms with E-state index in [1.807, 2.05) is 7.05 Å². The van der Waals surface area contributed by atoms with Crippen LogP contribution in [0.25, 0.3) is 16.9 Å². The number of aromatic nitrogens is 2. The number of anilines is 1. The van der Waals surface area contributed by atoms with Crippen LogP contribution < -0.4 is 4.90 Å². The molecule has 0 saturated heterocycles. The van der Waals surface area contributed by atoms with Gasteiger partial charge in [0.1, 0.15) is 5.65 Å². The second kappa shape index (κ2) is 5.13. The van der Waals surface area contributed by atoms with Crippen molar-refractivity contribution in [3.8, 4) is 11.3 Å². The molecule has 0 radical (unpaired) electrons. The Balaban J connectivity index is 1.88. The number of imidazole rings is 1. The number of amides is 1. The highest BCUT2D eigenvalue weighted by Gasteiger charge is 2.22. The monoisotopic (exact) mass is 323 g/mol. The molecule has 5 heteroatoms. The summed E-state index contributed by atoms with van der Waals surface area (Å²) in [6.45, 7) is 4.15. The van der Waals surface area contributed by atoms with Gasteiger partial charge < -0.3 is 9.30 Å². The van der Waals surface area contributed by atoms with Crippen LogP contribution in [0.2, 0.25) is 0 Å². The van der Waals surface area contributed by atoms with Crippen molar-refractivity contribution in [2.75, 3.05) is 17.7 Å². The lowest BCUT2D eigenvalue weighted by Gasteiger charge is -2.25. The maximum absolute atomic E-state index is 11.9. The topological polar surface area (TPSA) is 37.6 Å². The van der Waals surface area contributed by atoms with Crippen molar-refractivity contribution in [2.24, 2.45) is 0 Å². The van der Waals surface area contributed by atoms with E-state index in [1.165, 1.54) is 5.56 Å². The Bertz CT molecular complexity index is 945. The second-order valence-electron chi connectivity index (χ2n) is 5.90. The van der Waals surface area contributed by atoms with E-state index >= 15 is 0 Å². The van der Waals surface area contributed by atoms with Crippen LogP contribution in [-0.2, 0) is 4.79 Å². The van der Waals surface area contributed by atoms with Crippen molar-refractivity contribution in [3.63, 3.8) is 0 Å². The van der Waals surface area contributed by atoms with Gasteiger partial charge in [-0.1, -0.05) is 6.07 Å². The summed E-state index contributed by atoms with van der Waals surface area (Å²) in [4.78, 5) is 19.6. The normalized spacial score (nSPS) is 14.4. The zero-order chi connectivity index (χ0) is 16.1. The molecular formula is C18H17N3OS. The molecular weight excluding hydrogens is 306 g/mol. The molecule has 1 aromatic carbocycles. The molecule has 0 saturated carbocycles. The molecule has 3 aromatic rings. The molecule has 1 amide bonds. The van der Waals surface area contributed by atoms with Gasteiger partial charge in [-0.15, -0.1) is 11.8 Å². The van der Waals surface area contributed by atoms with Crippen LogP contribution >= 0.6 is 11.8 Å². The molecule has 0 N–H and O–H groups in total. The van der Waals surface area contributed by atoms with Crippen molar-refractivity contribution in [1.82, 2.24) is 9.38 Å². The fourth-order valence-corrected chi connectivity index (χ4v) is 3.94. The predicted molar refractivity (Wildman–Crippen MR) is 94.2 cm³/mol. The van der Waals surface area contributed by atoms with Gasteiger partial charge in [-0.3, -0.25) is 4.79 Å². The quantitative estimate of drug-likeness (QED) is 0.685. The molecule has 0 unspecified atom stereocenters. The molecule has 1 aliphatic heterocycles. The maximum atomic E-state index is 11.9. The molecule has 0 bridgehead atoms. The van der Waals surface area contributed by atoms with Crippen LogP contribution in [0.1, 0.15) is 11.3 Å². The number of hydrogen-bond acceptors (Lipinski definition) is 3. The molecule has 4 nitrogen and oxygen atoms in total. The average Bonchev–Trinajstić information content (AvgIpc) is 2.87. The van der Waals surface area contributed by atoms with Crippen LogP contribution in [0.3, 0.4) is 0 Å². The van der Waals surface area contributed by atoms with Crippen LogP contribution in [0.15, 0.2) is 41.4 Å². The Morgan fingerprint density at radius 1 is 1.17 bits per heavy atom. The van der Waals surface area contributed by atoms with E-state index in [1.54, 1.807) is 16.7 Å². The first-order valence-electron chi connectivity index (χ1n) is 7.53.